The minimum absolute atomic E-state index is 0.133. The number of nitrogens with zero attached hydrogens (tertiary/aromatic N) is 2. The summed E-state index contributed by atoms with van der Waals surface area (Å²) in [7, 11) is -4.18. The molecular formula is C16H16ClF3N4O4S. The molecule has 158 valence electrons. The zero-order valence-corrected chi connectivity index (χ0v) is 17.0. The van der Waals surface area contributed by atoms with Crippen molar-refractivity contribution in [2.24, 2.45) is 0 Å². The lowest BCUT2D eigenvalue weighted by atomic mass is 10.2. The van der Waals surface area contributed by atoms with E-state index in [-0.39, 0.29) is 11.5 Å². The van der Waals surface area contributed by atoms with Crippen molar-refractivity contribution < 1.29 is 31.1 Å². The monoisotopic (exact) mass is 452 g/mol. The molecule has 0 atom stereocenters. The fraction of sp³-hybridized carbons (Fsp3) is 0.312. The number of hydrazine groups is 1. The highest BCUT2D eigenvalue weighted by Gasteiger charge is 2.38. The third-order valence-electron chi connectivity index (χ3n) is 3.60. The van der Waals surface area contributed by atoms with E-state index >= 15 is 0 Å². The molecule has 0 fully saturated rings. The molecule has 0 spiro atoms. The molecule has 0 saturated carbocycles. The molecule has 0 saturated heterocycles. The van der Waals surface area contributed by atoms with Gasteiger partial charge in [0.2, 0.25) is 5.95 Å². The fourth-order valence-electron chi connectivity index (χ4n) is 2.23. The van der Waals surface area contributed by atoms with Gasteiger partial charge in [-0.1, -0.05) is 11.6 Å². The number of nitrogens with one attached hydrogen (secondary N) is 2. The first-order chi connectivity index (χ1) is 13.4. The van der Waals surface area contributed by atoms with E-state index in [0.717, 1.165) is 0 Å². The average Bonchev–Trinajstić information content (AvgIpc) is 2.62. The maximum Gasteiger partial charge on any atom is 0.434 e. The van der Waals surface area contributed by atoms with Gasteiger partial charge in [-0.25, -0.2) is 23.2 Å². The van der Waals surface area contributed by atoms with Gasteiger partial charge < -0.3 is 4.74 Å². The van der Waals surface area contributed by atoms with Crippen LogP contribution in [0.5, 0.6) is 0 Å². The molecule has 0 aliphatic carbocycles. The first-order valence-corrected chi connectivity index (χ1v) is 9.89. The number of benzene rings is 1. The Hall–Kier alpha value is -2.44. The lowest BCUT2D eigenvalue weighted by Crippen LogP contribution is -2.31. The van der Waals surface area contributed by atoms with Crippen LogP contribution in [0.2, 0.25) is 5.02 Å². The van der Waals surface area contributed by atoms with E-state index in [0.29, 0.717) is 22.3 Å². The van der Waals surface area contributed by atoms with Crippen molar-refractivity contribution in [2.75, 3.05) is 12.0 Å². The van der Waals surface area contributed by atoms with Crippen LogP contribution in [0.4, 0.5) is 19.1 Å². The number of anilines is 1. The van der Waals surface area contributed by atoms with Crippen LogP contribution in [-0.4, -0.2) is 31.0 Å². The summed E-state index contributed by atoms with van der Waals surface area (Å²) in [6.07, 6.45) is -4.40. The zero-order chi connectivity index (χ0) is 22.0. The molecule has 1 aromatic heterocycles. The molecule has 0 aliphatic heterocycles. The molecule has 13 heteroatoms. The Kier molecular flexibility index (Phi) is 6.71. The summed E-state index contributed by atoms with van der Waals surface area (Å²) in [6.45, 7) is 4.39. The number of esters is 1. The molecule has 0 bridgehead atoms. The van der Waals surface area contributed by atoms with Crippen molar-refractivity contribution in [2.45, 2.75) is 31.8 Å². The lowest BCUT2D eigenvalue weighted by Gasteiger charge is -2.14. The number of aromatic nitrogens is 2. The van der Waals surface area contributed by atoms with Crippen LogP contribution in [0.15, 0.2) is 23.2 Å². The number of rotatable bonds is 6. The molecule has 1 heterocycles. The second kappa shape index (κ2) is 8.51. The number of alkyl halides is 3. The number of halogens is 4. The van der Waals surface area contributed by atoms with Crippen molar-refractivity contribution in [1.82, 2.24) is 14.8 Å². The average molecular weight is 453 g/mol. The molecule has 0 aliphatic rings. The van der Waals surface area contributed by atoms with Crippen molar-refractivity contribution in [3.8, 4) is 0 Å². The SMILES string of the molecule is CCOC(=O)c1cnc(NNS(=O)(=O)c2cc(C)c(Cl)cc2C)nc1C(F)(F)F. The quantitative estimate of drug-likeness (QED) is 0.511. The van der Waals surface area contributed by atoms with E-state index < -0.39 is 39.4 Å². The Balaban J connectivity index is 2.33. The highest BCUT2D eigenvalue weighted by molar-refractivity contribution is 7.89. The van der Waals surface area contributed by atoms with Crippen LogP contribution in [0, 0.1) is 13.8 Å². The van der Waals surface area contributed by atoms with E-state index in [1.807, 2.05) is 10.3 Å². The summed E-state index contributed by atoms with van der Waals surface area (Å²) >= 11 is 5.94. The van der Waals surface area contributed by atoms with Crippen LogP contribution in [0.3, 0.4) is 0 Å². The number of sulfonamides is 1. The van der Waals surface area contributed by atoms with Gasteiger partial charge in [-0.3, -0.25) is 5.43 Å². The summed E-state index contributed by atoms with van der Waals surface area (Å²) in [5.41, 5.74) is 0.371. The normalized spacial score (nSPS) is 12.0. The minimum atomic E-state index is -5.00. The van der Waals surface area contributed by atoms with Gasteiger partial charge in [0.15, 0.2) is 5.69 Å². The minimum Gasteiger partial charge on any atom is -0.462 e. The van der Waals surface area contributed by atoms with E-state index in [1.54, 1.807) is 6.92 Å². The van der Waals surface area contributed by atoms with Crippen molar-refractivity contribution >= 4 is 33.5 Å². The number of aryl methyl sites for hydroxylation is 2. The van der Waals surface area contributed by atoms with Gasteiger partial charge in [0.25, 0.3) is 10.0 Å². The number of hydrogen-bond donors (Lipinski definition) is 2. The van der Waals surface area contributed by atoms with Crippen LogP contribution in [0.1, 0.15) is 34.1 Å². The summed E-state index contributed by atoms with van der Waals surface area (Å²) in [4.78, 5) is 20.2. The second-order valence-electron chi connectivity index (χ2n) is 5.77. The Labute approximate surface area is 169 Å². The van der Waals surface area contributed by atoms with Gasteiger partial charge in [-0.15, -0.1) is 4.83 Å². The van der Waals surface area contributed by atoms with Gasteiger partial charge in [-0.05, 0) is 44.0 Å². The fourth-order valence-corrected chi connectivity index (χ4v) is 3.60. The number of hydrogen-bond acceptors (Lipinski definition) is 7. The molecule has 8 nitrogen and oxygen atoms in total. The molecular weight excluding hydrogens is 437 g/mol. The molecule has 0 amide bonds. The summed E-state index contributed by atoms with van der Waals surface area (Å²) < 4.78 is 69.2. The second-order valence-corrected chi connectivity index (χ2v) is 7.83. The molecule has 29 heavy (non-hydrogen) atoms. The van der Waals surface area contributed by atoms with Crippen molar-refractivity contribution in [1.29, 1.82) is 0 Å². The molecule has 0 radical (unpaired) electrons. The van der Waals surface area contributed by atoms with Gasteiger partial charge in [0, 0.05) is 11.2 Å². The predicted molar refractivity (Wildman–Crippen MR) is 97.9 cm³/mol. The third kappa shape index (κ3) is 5.34. The van der Waals surface area contributed by atoms with Gasteiger partial charge in [0.05, 0.1) is 11.5 Å². The Bertz CT molecular complexity index is 1050. The van der Waals surface area contributed by atoms with Gasteiger partial charge in [0.1, 0.15) is 5.56 Å². The smallest absolute Gasteiger partial charge is 0.434 e. The van der Waals surface area contributed by atoms with E-state index in [1.165, 1.54) is 26.0 Å². The van der Waals surface area contributed by atoms with Crippen molar-refractivity contribution in [3.05, 3.63) is 45.7 Å². The van der Waals surface area contributed by atoms with E-state index in [9.17, 15) is 26.4 Å². The highest BCUT2D eigenvalue weighted by atomic mass is 35.5. The Morgan fingerprint density at radius 3 is 2.48 bits per heavy atom. The molecule has 0 unspecified atom stereocenters. The first-order valence-electron chi connectivity index (χ1n) is 8.02. The maximum atomic E-state index is 13.2. The van der Waals surface area contributed by atoms with E-state index in [4.69, 9.17) is 11.6 Å². The van der Waals surface area contributed by atoms with Crippen LogP contribution < -0.4 is 10.3 Å². The van der Waals surface area contributed by atoms with Crippen molar-refractivity contribution in [3.63, 3.8) is 0 Å². The molecule has 1 aromatic carbocycles. The standard InChI is InChI=1S/C16H16ClF3N4O4S/c1-4-28-14(25)10-7-21-15(22-13(10)16(18,19)20)23-24-29(26,27)12-6-8(2)11(17)5-9(12)3/h5-7,24H,4H2,1-3H3,(H,21,22,23). The predicted octanol–water partition coefficient (Wildman–Crippen LogP) is 3.25. The molecule has 2 aromatic rings. The number of carbonyl (C=O) groups excluding carboxylic acids is 1. The van der Waals surface area contributed by atoms with Crippen LogP contribution in [-0.2, 0) is 20.9 Å². The largest absolute Gasteiger partial charge is 0.462 e. The zero-order valence-electron chi connectivity index (χ0n) is 15.4. The Morgan fingerprint density at radius 2 is 1.90 bits per heavy atom. The van der Waals surface area contributed by atoms with Gasteiger partial charge >= 0.3 is 12.1 Å². The lowest BCUT2D eigenvalue weighted by molar-refractivity contribution is -0.141. The van der Waals surface area contributed by atoms with Crippen LogP contribution >= 0.6 is 11.6 Å². The van der Waals surface area contributed by atoms with Gasteiger partial charge in [-0.2, -0.15) is 13.2 Å². The molecule has 2 N–H and O–H groups in total. The maximum absolute atomic E-state index is 13.2. The Morgan fingerprint density at radius 1 is 1.24 bits per heavy atom. The summed E-state index contributed by atoms with van der Waals surface area (Å²) in [5.74, 6) is -1.96. The number of carbonyl (C=O) groups is 1. The van der Waals surface area contributed by atoms with Crippen LogP contribution in [0.25, 0.3) is 0 Å². The number of ether oxygens (including phenoxy) is 1. The third-order valence-corrected chi connectivity index (χ3v) is 5.39. The first kappa shape index (κ1) is 22.8. The van der Waals surface area contributed by atoms with E-state index in [2.05, 4.69) is 14.7 Å². The summed E-state index contributed by atoms with van der Waals surface area (Å²) in [6, 6.07) is 2.76. The topological polar surface area (TPSA) is 110 Å². The summed E-state index contributed by atoms with van der Waals surface area (Å²) in [5, 5.41) is 0.363. The molecule has 2 rings (SSSR count). The highest BCUT2D eigenvalue weighted by Crippen LogP contribution is 2.31.